The van der Waals surface area contributed by atoms with Crippen LogP contribution in [0.25, 0.3) is 0 Å². The average Bonchev–Trinajstić information content (AvgIpc) is 2.82. The second-order valence-corrected chi connectivity index (χ2v) is 10.0. The third kappa shape index (κ3) is 8.19. The highest BCUT2D eigenvalue weighted by atomic mass is 19.2. The molecule has 0 radical (unpaired) electrons. The molecule has 3 heteroatoms. The van der Waals surface area contributed by atoms with Crippen molar-refractivity contribution in [1.82, 2.24) is 0 Å². The molecule has 0 heterocycles. The van der Waals surface area contributed by atoms with E-state index in [0.717, 1.165) is 48.5 Å². The smallest absolute Gasteiger partial charge is 0.159 e. The molecular weight excluding hydrogens is 400 g/mol. The number of hydrogen-bond donors (Lipinski definition) is 0. The Morgan fingerprint density at radius 2 is 1.47 bits per heavy atom. The van der Waals surface area contributed by atoms with Crippen LogP contribution >= 0.6 is 0 Å². The SMILES string of the molecule is N#C/C=C/C=C/CCC1CCC([C@H]2CC[C@H](CCCCc3ccc(F)c(F)c3)CC2)CC1. The minimum absolute atomic E-state index is 0.726. The summed E-state index contributed by atoms with van der Waals surface area (Å²) in [6.07, 6.45) is 25.6. The van der Waals surface area contributed by atoms with Crippen molar-refractivity contribution in [1.29, 1.82) is 5.26 Å². The van der Waals surface area contributed by atoms with E-state index in [4.69, 9.17) is 5.26 Å². The third-order valence-corrected chi connectivity index (χ3v) is 7.92. The van der Waals surface area contributed by atoms with Gasteiger partial charge in [0, 0.05) is 6.08 Å². The van der Waals surface area contributed by atoms with E-state index in [1.54, 1.807) is 6.07 Å². The summed E-state index contributed by atoms with van der Waals surface area (Å²) in [4.78, 5) is 0. The monoisotopic (exact) mass is 439 g/mol. The van der Waals surface area contributed by atoms with E-state index in [9.17, 15) is 8.78 Å². The van der Waals surface area contributed by atoms with Crippen LogP contribution in [0.2, 0.25) is 0 Å². The molecular formula is C29H39F2N. The van der Waals surface area contributed by atoms with Crippen LogP contribution in [0, 0.1) is 46.6 Å². The molecule has 0 amide bonds. The van der Waals surface area contributed by atoms with Gasteiger partial charge in [-0.15, -0.1) is 0 Å². The summed E-state index contributed by atoms with van der Waals surface area (Å²) in [5, 5.41) is 8.49. The molecule has 2 fully saturated rings. The van der Waals surface area contributed by atoms with Crippen molar-refractivity contribution in [2.45, 2.75) is 89.9 Å². The fraction of sp³-hybridized carbons (Fsp3) is 0.621. The molecule has 0 spiro atoms. The van der Waals surface area contributed by atoms with E-state index in [1.807, 2.05) is 18.2 Å². The largest absolute Gasteiger partial charge is 0.204 e. The quantitative estimate of drug-likeness (QED) is 0.203. The number of halogens is 2. The van der Waals surface area contributed by atoms with Gasteiger partial charge in [-0.1, -0.05) is 62.8 Å². The van der Waals surface area contributed by atoms with E-state index >= 15 is 0 Å². The Morgan fingerprint density at radius 1 is 0.812 bits per heavy atom. The molecule has 1 nitrogen and oxygen atoms in total. The third-order valence-electron chi connectivity index (χ3n) is 7.92. The molecule has 0 aromatic heterocycles. The number of allylic oxidation sites excluding steroid dienone is 4. The lowest BCUT2D eigenvalue weighted by Crippen LogP contribution is -2.25. The Kier molecular flexibility index (Phi) is 10.5. The normalized spacial score (nSPS) is 26.5. The molecule has 0 bridgehead atoms. The van der Waals surface area contributed by atoms with Gasteiger partial charge in [-0.3, -0.25) is 0 Å². The van der Waals surface area contributed by atoms with Gasteiger partial charge < -0.3 is 0 Å². The molecule has 1 aromatic carbocycles. The van der Waals surface area contributed by atoms with Gasteiger partial charge in [0.1, 0.15) is 0 Å². The number of hydrogen-bond acceptors (Lipinski definition) is 1. The van der Waals surface area contributed by atoms with Crippen LogP contribution < -0.4 is 0 Å². The molecule has 0 atom stereocenters. The van der Waals surface area contributed by atoms with Gasteiger partial charge in [0.05, 0.1) is 6.07 Å². The zero-order valence-corrected chi connectivity index (χ0v) is 19.5. The lowest BCUT2D eigenvalue weighted by atomic mass is 9.68. The first-order valence-corrected chi connectivity index (χ1v) is 12.8. The Morgan fingerprint density at radius 3 is 2.09 bits per heavy atom. The summed E-state index contributed by atoms with van der Waals surface area (Å²) in [5.41, 5.74) is 0.912. The van der Waals surface area contributed by atoms with Crippen molar-refractivity contribution in [2.75, 3.05) is 0 Å². The molecule has 0 aliphatic heterocycles. The molecule has 2 saturated carbocycles. The Balaban J connectivity index is 1.25. The van der Waals surface area contributed by atoms with Crippen LogP contribution in [-0.4, -0.2) is 0 Å². The van der Waals surface area contributed by atoms with Crippen molar-refractivity contribution in [3.63, 3.8) is 0 Å². The molecule has 0 unspecified atom stereocenters. The van der Waals surface area contributed by atoms with Gasteiger partial charge in [0.15, 0.2) is 11.6 Å². The summed E-state index contributed by atoms with van der Waals surface area (Å²) in [6.45, 7) is 0. The predicted molar refractivity (Wildman–Crippen MR) is 128 cm³/mol. The van der Waals surface area contributed by atoms with Crippen molar-refractivity contribution < 1.29 is 8.78 Å². The van der Waals surface area contributed by atoms with Gasteiger partial charge >= 0.3 is 0 Å². The molecule has 3 rings (SSSR count). The first-order valence-electron chi connectivity index (χ1n) is 12.8. The standard InChI is InChI=1S/C29H39F2N/c30-28-20-15-25(22-29(28)31)10-6-5-9-24-13-18-27(19-14-24)26-16-11-23(12-17-26)8-4-2-1-3-7-21-32/h1-3,7,15,20,22-24,26-27H,4-6,8-14,16-19H2/b2-1+,7-3+/t23?,24-,26?,27-. The zero-order valence-electron chi connectivity index (χ0n) is 19.5. The summed E-state index contributed by atoms with van der Waals surface area (Å²) in [5.74, 6) is 2.18. The van der Waals surface area contributed by atoms with Crippen molar-refractivity contribution in [3.05, 3.63) is 59.7 Å². The van der Waals surface area contributed by atoms with Gasteiger partial charge in [0.25, 0.3) is 0 Å². The highest BCUT2D eigenvalue weighted by molar-refractivity contribution is 5.17. The number of nitriles is 1. The van der Waals surface area contributed by atoms with Crippen LogP contribution in [0.3, 0.4) is 0 Å². The number of aryl methyl sites for hydroxylation is 1. The van der Waals surface area contributed by atoms with Gasteiger partial charge in [-0.2, -0.15) is 5.26 Å². The zero-order chi connectivity index (χ0) is 22.6. The molecule has 2 aliphatic carbocycles. The number of unbranched alkanes of at least 4 members (excludes halogenated alkanes) is 1. The number of benzene rings is 1. The molecule has 1 aromatic rings. The molecule has 32 heavy (non-hydrogen) atoms. The van der Waals surface area contributed by atoms with E-state index < -0.39 is 11.6 Å². The molecule has 174 valence electrons. The lowest BCUT2D eigenvalue weighted by Gasteiger charge is -2.38. The minimum Gasteiger partial charge on any atom is -0.204 e. The Labute approximate surface area is 193 Å². The van der Waals surface area contributed by atoms with Crippen LogP contribution in [0.4, 0.5) is 8.78 Å². The summed E-state index contributed by atoms with van der Waals surface area (Å²) < 4.78 is 26.3. The first kappa shape index (κ1) is 24.7. The second-order valence-electron chi connectivity index (χ2n) is 10.0. The highest BCUT2D eigenvalue weighted by Gasteiger charge is 2.30. The average molecular weight is 440 g/mol. The molecule has 0 N–H and O–H groups in total. The van der Waals surface area contributed by atoms with Crippen LogP contribution in [0.1, 0.15) is 89.0 Å². The van der Waals surface area contributed by atoms with Crippen LogP contribution in [-0.2, 0) is 6.42 Å². The maximum absolute atomic E-state index is 13.3. The fourth-order valence-corrected chi connectivity index (χ4v) is 5.96. The molecule has 2 aliphatic rings. The van der Waals surface area contributed by atoms with E-state index in [2.05, 4.69) is 6.08 Å². The predicted octanol–water partition coefficient (Wildman–Crippen LogP) is 8.71. The van der Waals surface area contributed by atoms with Gasteiger partial charge in [0.2, 0.25) is 0 Å². The maximum Gasteiger partial charge on any atom is 0.159 e. The van der Waals surface area contributed by atoms with Gasteiger partial charge in [-0.25, -0.2) is 8.78 Å². The summed E-state index contributed by atoms with van der Waals surface area (Å²) >= 11 is 0. The van der Waals surface area contributed by atoms with E-state index in [0.29, 0.717) is 0 Å². The maximum atomic E-state index is 13.3. The summed E-state index contributed by atoms with van der Waals surface area (Å²) in [6, 6.07) is 6.32. The number of rotatable bonds is 10. The fourth-order valence-electron chi connectivity index (χ4n) is 5.96. The lowest BCUT2D eigenvalue weighted by molar-refractivity contribution is 0.140. The van der Waals surface area contributed by atoms with E-state index in [-0.39, 0.29) is 0 Å². The Bertz CT molecular complexity index is 775. The van der Waals surface area contributed by atoms with E-state index in [1.165, 1.54) is 88.8 Å². The van der Waals surface area contributed by atoms with Crippen molar-refractivity contribution >= 4 is 0 Å². The minimum atomic E-state index is -0.753. The highest BCUT2D eigenvalue weighted by Crippen LogP contribution is 2.43. The van der Waals surface area contributed by atoms with Crippen LogP contribution in [0.15, 0.2) is 42.5 Å². The van der Waals surface area contributed by atoms with Crippen LogP contribution in [0.5, 0.6) is 0 Å². The Hall–Kier alpha value is -1.95. The van der Waals surface area contributed by atoms with Crippen molar-refractivity contribution in [2.24, 2.45) is 23.7 Å². The summed E-state index contributed by atoms with van der Waals surface area (Å²) in [7, 11) is 0. The van der Waals surface area contributed by atoms with Gasteiger partial charge in [-0.05, 0) is 92.7 Å². The number of nitrogens with zero attached hydrogens (tertiary/aromatic N) is 1. The second kappa shape index (κ2) is 13.6. The topological polar surface area (TPSA) is 23.8 Å². The first-order chi connectivity index (χ1) is 15.7. The molecule has 0 saturated heterocycles. The van der Waals surface area contributed by atoms with Crippen molar-refractivity contribution in [3.8, 4) is 6.07 Å².